The molecule has 0 N–H and O–H groups in total. The molecule has 30 heavy (non-hydrogen) atoms. The van der Waals surface area contributed by atoms with Crippen LogP contribution in [-0.4, -0.2) is 20.7 Å². The standard InChI is InChI=1S/C23H26N2O3S2/c1-14-9-17(15(2)24(14)6)18(26)12-25-21(11-20(27)23(3,4)5)30-19(22(25)28)10-16-7-8-29-13-16/h7-11,13H,12H2,1-6H3/b19-10+,21-11-. The maximum absolute atomic E-state index is 13.1. The summed E-state index contributed by atoms with van der Waals surface area (Å²) < 4.78 is 4.39. The average Bonchev–Trinajstić information content (AvgIpc) is 3.34. The molecule has 3 aromatic rings. The third kappa shape index (κ3) is 4.47. The van der Waals surface area contributed by atoms with Crippen molar-refractivity contribution < 1.29 is 9.59 Å². The van der Waals surface area contributed by atoms with Crippen LogP contribution < -0.4 is 14.8 Å². The number of aromatic nitrogens is 2. The molecule has 0 aromatic carbocycles. The summed E-state index contributed by atoms with van der Waals surface area (Å²) >= 11 is 2.79. The molecule has 7 heteroatoms. The lowest BCUT2D eigenvalue weighted by Crippen LogP contribution is -2.35. The molecule has 3 rings (SSSR count). The van der Waals surface area contributed by atoms with Crippen LogP contribution in [0.5, 0.6) is 0 Å². The largest absolute Gasteiger partial charge is 0.351 e. The molecule has 0 aliphatic heterocycles. The minimum absolute atomic E-state index is 0.0845. The lowest BCUT2D eigenvalue weighted by molar-refractivity contribution is -0.120. The molecule has 5 nitrogen and oxygen atoms in total. The maximum Gasteiger partial charge on any atom is 0.269 e. The van der Waals surface area contributed by atoms with E-state index in [0.29, 0.717) is 14.8 Å². The van der Waals surface area contributed by atoms with E-state index >= 15 is 0 Å². The van der Waals surface area contributed by atoms with Crippen LogP contribution in [0.25, 0.3) is 12.2 Å². The van der Waals surface area contributed by atoms with E-state index in [-0.39, 0.29) is 23.7 Å². The van der Waals surface area contributed by atoms with Gasteiger partial charge in [-0.15, -0.1) is 11.3 Å². The monoisotopic (exact) mass is 442 g/mol. The highest BCUT2D eigenvalue weighted by molar-refractivity contribution is 7.08. The van der Waals surface area contributed by atoms with Crippen LogP contribution in [0, 0.1) is 19.3 Å². The van der Waals surface area contributed by atoms with Gasteiger partial charge >= 0.3 is 0 Å². The van der Waals surface area contributed by atoms with Crippen LogP contribution in [0.1, 0.15) is 48.1 Å². The summed E-state index contributed by atoms with van der Waals surface area (Å²) in [5.74, 6) is -0.227. The second-order valence-corrected chi connectivity index (χ2v) is 10.3. The van der Waals surface area contributed by atoms with Crippen molar-refractivity contribution in [2.24, 2.45) is 12.5 Å². The van der Waals surface area contributed by atoms with Crippen LogP contribution in [0.15, 0.2) is 27.7 Å². The minimum Gasteiger partial charge on any atom is -0.351 e. The van der Waals surface area contributed by atoms with Crippen molar-refractivity contribution in [3.05, 3.63) is 65.0 Å². The number of rotatable bonds is 5. The number of thiazole rings is 1. The van der Waals surface area contributed by atoms with Crippen LogP contribution >= 0.6 is 22.7 Å². The highest BCUT2D eigenvalue weighted by Gasteiger charge is 2.21. The highest BCUT2D eigenvalue weighted by Crippen LogP contribution is 2.16. The second kappa shape index (κ2) is 8.32. The van der Waals surface area contributed by atoms with Crippen molar-refractivity contribution in [3.63, 3.8) is 0 Å². The van der Waals surface area contributed by atoms with E-state index in [2.05, 4.69) is 0 Å². The number of carbonyl (C=O) groups is 2. The van der Waals surface area contributed by atoms with E-state index < -0.39 is 5.41 Å². The Morgan fingerprint density at radius 3 is 2.43 bits per heavy atom. The third-order valence-electron chi connectivity index (χ3n) is 5.15. The van der Waals surface area contributed by atoms with Gasteiger partial charge in [-0.1, -0.05) is 20.8 Å². The summed E-state index contributed by atoms with van der Waals surface area (Å²) in [6.07, 6.45) is 3.30. The zero-order valence-electron chi connectivity index (χ0n) is 18.1. The first-order valence-electron chi connectivity index (χ1n) is 9.65. The number of carbonyl (C=O) groups excluding carboxylic acids is 2. The maximum atomic E-state index is 13.1. The molecule has 0 bridgehead atoms. The van der Waals surface area contributed by atoms with Crippen molar-refractivity contribution in [2.75, 3.05) is 0 Å². The molecule has 0 radical (unpaired) electrons. The minimum atomic E-state index is -0.570. The van der Waals surface area contributed by atoms with Crippen molar-refractivity contribution in [2.45, 2.75) is 41.2 Å². The zero-order chi connectivity index (χ0) is 22.2. The van der Waals surface area contributed by atoms with Crippen molar-refractivity contribution >= 4 is 46.4 Å². The lowest BCUT2D eigenvalue weighted by atomic mass is 9.91. The Kier molecular flexibility index (Phi) is 6.15. The van der Waals surface area contributed by atoms with Gasteiger partial charge in [0.1, 0.15) is 4.66 Å². The van der Waals surface area contributed by atoms with Crippen LogP contribution in [0.2, 0.25) is 0 Å². The van der Waals surface area contributed by atoms with Gasteiger partial charge in [0.05, 0.1) is 11.1 Å². The smallest absolute Gasteiger partial charge is 0.269 e. The normalized spacial score (nSPS) is 13.3. The summed E-state index contributed by atoms with van der Waals surface area (Å²) in [7, 11) is 1.91. The number of thiophene rings is 1. The Labute approximate surface area is 183 Å². The van der Waals surface area contributed by atoms with Gasteiger partial charge in [-0.05, 0) is 48.4 Å². The summed E-state index contributed by atoms with van der Waals surface area (Å²) in [5.41, 5.74) is 2.55. The molecule has 158 valence electrons. The number of hydrogen-bond donors (Lipinski definition) is 0. The molecule has 0 amide bonds. The van der Waals surface area contributed by atoms with Crippen molar-refractivity contribution in [1.82, 2.24) is 9.13 Å². The quantitative estimate of drug-likeness (QED) is 0.571. The molecule has 3 aromatic heterocycles. The molecule has 0 saturated carbocycles. The first-order valence-corrected chi connectivity index (χ1v) is 11.4. The summed E-state index contributed by atoms with van der Waals surface area (Å²) in [5, 5.41) is 3.90. The van der Waals surface area contributed by atoms with Crippen LogP contribution in [0.4, 0.5) is 0 Å². The Morgan fingerprint density at radius 1 is 1.20 bits per heavy atom. The van der Waals surface area contributed by atoms with Gasteiger partial charge in [0.25, 0.3) is 5.56 Å². The molecule has 0 saturated heterocycles. The van der Waals surface area contributed by atoms with E-state index in [9.17, 15) is 14.4 Å². The van der Waals surface area contributed by atoms with Crippen LogP contribution in [-0.2, 0) is 18.4 Å². The Hall–Kier alpha value is -2.51. The number of hydrogen-bond acceptors (Lipinski definition) is 5. The first-order chi connectivity index (χ1) is 14.0. The Bertz CT molecular complexity index is 1280. The average molecular weight is 443 g/mol. The van der Waals surface area contributed by atoms with E-state index in [1.807, 2.05) is 69.1 Å². The molecule has 0 fully saturated rings. The van der Waals surface area contributed by atoms with Gasteiger partial charge in [0, 0.05) is 35.5 Å². The number of ketones is 2. The van der Waals surface area contributed by atoms with E-state index in [1.54, 1.807) is 17.4 Å². The van der Waals surface area contributed by atoms with Gasteiger partial charge in [-0.2, -0.15) is 11.3 Å². The molecule has 3 heterocycles. The second-order valence-electron chi connectivity index (χ2n) is 8.42. The van der Waals surface area contributed by atoms with E-state index in [4.69, 9.17) is 0 Å². The Morgan fingerprint density at radius 2 is 1.90 bits per heavy atom. The molecule has 0 spiro atoms. The lowest BCUT2D eigenvalue weighted by Gasteiger charge is -2.12. The summed E-state index contributed by atoms with van der Waals surface area (Å²) in [4.78, 5) is 38.8. The van der Waals surface area contributed by atoms with E-state index in [1.165, 1.54) is 22.0 Å². The summed E-state index contributed by atoms with van der Waals surface area (Å²) in [6, 6.07) is 3.77. The predicted molar refractivity (Wildman–Crippen MR) is 124 cm³/mol. The van der Waals surface area contributed by atoms with Gasteiger partial charge in [0.15, 0.2) is 11.6 Å². The fraction of sp³-hybridized carbons (Fsp3) is 0.348. The fourth-order valence-electron chi connectivity index (χ4n) is 3.00. The molecule has 0 unspecified atom stereocenters. The first kappa shape index (κ1) is 22.2. The van der Waals surface area contributed by atoms with Crippen molar-refractivity contribution in [1.29, 1.82) is 0 Å². The number of Topliss-reactive ketones (excluding diaryl/α,β-unsaturated/α-hetero) is 2. The SMILES string of the molecule is Cc1cc(C(=O)Cn2c(=O)/c(=C\c3ccsc3)s/c2=C\C(=O)C(C)(C)C)c(C)n1C. The topological polar surface area (TPSA) is 61.1 Å². The number of nitrogens with zero attached hydrogens (tertiary/aromatic N) is 2. The number of aryl methyl sites for hydroxylation is 1. The summed E-state index contributed by atoms with van der Waals surface area (Å²) in [6.45, 7) is 9.24. The fourth-order valence-corrected chi connectivity index (χ4v) is 4.66. The Balaban J connectivity index is 2.14. The molecular formula is C23H26N2O3S2. The van der Waals surface area contributed by atoms with Gasteiger partial charge in [-0.25, -0.2) is 0 Å². The molecule has 0 aliphatic carbocycles. The highest BCUT2D eigenvalue weighted by atomic mass is 32.1. The molecular weight excluding hydrogens is 416 g/mol. The van der Waals surface area contributed by atoms with E-state index in [0.717, 1.165) is 17.0 Å². The molecule has 0 atom stereocenters. The van der Waals surface area contributed by atoms with Crippen LogP contribution in [0.3, 0.4) is 0 Å². The van der Waals surface area contributed by atoms with Gasteiger partial charge < -0.3 is 4.57 Å². The zero-order valence-corrected chi connectivity index (χ0v) is 19.7. The van der Waals surface area contributed by atoms with Gasteiger partial charge in [0.2, 0.25) is 0 Å². The third-order valence-corrected chi connectivity index (χ3v) is 6.91. The van der Waals surface area contributed by atoms with Gasteiger partial charge in [-0.3, -0.25) is 19.0 Å². The van der Waals surface area contributed by atoms with Crippen molar-refractivity contribution in [3.8, 4) is 0 Å². The molecule has 0 aliphatic rings. The predicted octanol–water partition coefficient (Wildman–Crippen LogP) is 3.03.